The highest BCUT2D eigenvalue weighted by atomic mass is 16.5. The molecule has 0 amide bonds. The van der Waals surface area contributed by atoms with Gasteiger partial charge in [-0.05, 0) is 25.5 Å². The van der Waals surface area contributed by atoms with E-state index >= 15 is 0 Å². The first-order chi connectivity index (χ1) is 11.7. The summed E-state index contributed by atoms with van der Waals surface area (Å²) in [6.45, 7) is 4.11. The fourth-order valence-corrected chi connectivity index (χ4v) is 2.58. The van der Waals surface area contributed by atoms with Crippen LogP contribution in [0.1, 0.15) is 11.1 Å². The van der Waals surface area contributed by atoms with Crippen LogP contribution in [-0.4, -0.2) is 20.3 Å². The smallest absolute Gasteiger partial charge is 0.276 e. The molecule has 0 saturated carbocycles. The number of hydrogen-bond acceptors (Lipinski definition) is 4. The Hall–Kier alpha value is -3.21. The van der Waals surface area contributed by atoms with Crippen molar-refractivity contribution in [2.24, 2.45) is 0 Å². The van der Waals surface area contributed by atoms with Crippen LogP contribution in [0.15, 0.2) is 59.1 Å². The predicted molar refractivity (Wildman–Crippen MR) is 92.2 cm³/mol. The molecule has 0 saturated heterocycles. The maximum atomic E-state index is 5.38. The van der Waals surface area contributed by atoms with Gasteiger partial charge in [-0.2, -0.15) is 10.1 Å². The minimum Gasteiger partial charge on any atom is -0.332 e. The Labute approximate surface area is 139 Å². The Balaban J connectivity index is 1.66. The number of benzene rings is 2. The van der Waals surface area contributed by atoms with Gasteiger partial charge in [0.05, 0.1) is 5.69 Å². The Morgan fingerprint density at radius 3 is 2.54 bits per heavy atom. The molecule has 2 heterocycles. The number of aromatic nitrogens is 4. The van der Waals surface area contributed by atoms with Crippen LogP contribution in [0.4, 0.5) is 0 Å². The van der Waals surface area contributed by atoms with E-state index in [1.807, 2.05) is 55.5 Å². The topological polar surface area (TPSA) is 67.6 Å². The van der Waals surface area contributed by atoms with E-state index in [9.17, 15) is 0 Å². The molecule has 0 aliphatic heterocycles. The SMILES string of the molecule is Cc1ccc(-c2noc(-c3cc(-c4ccccc4C)n[nH]3)n2)cc1. The summed E-state index contributed by atoms with van der Waals surface area (Å²) in [5.41, 5.74) is 5.94. The number of H-pyrrole nitrogens is 1. The summed E-state index contributed by atoms with van der Waals surface area (Å²) in [6, 6.07) is 18.1. The van der Waals surface area contributed by atoms with Gasteiger partial charge < -0.3 is 4.52 Å². The first-order valence-corrected chi connectivity index (χ1v) is 7.73. The molecule has 2 aromatic carbocycles. The lowest BCUT2D eigenvalue weighted by Crippen LogP contribution is -1.82. The second kappa shape index (κ2) is 5.77. The van der Waals surface area contributed by atoms with Gasteiger partial charge >= 0.3 is 0 Å². The van der Waals surface area contributed by atoms with E-state index in [0.29, 0.717) is 17.4 Å². The Kier molecular flexibility index (Phi) is 3.46. The molecule has 0 aliphatic rings. The van der Waals surface area contributed by atoms with E-state index in [1.165, 1.54) is 11.1 Å². The maximum absolute atomic E-state index is 5.38. The van der Waals surface area contributed by atoms with Crippen LogP contribution in [0.5, 0.6) is 0 Å². The summed E-state index contributed by atoms with van der Waals surface area (Å²) < 4.78 is 5.38. The molecular weight excluding hydrogens is 300 g/mol. The molecule has 4 rings (SSSR count). The Bertz CT molecular complexity index is 983. The zero-order valence-corrected chi connectivity index (χ0v) is 13.4. The molecule has 0 aliphatic carbocycles. The third-order valence-corrected chi connectivity index (χ3v) is 3.97. The molecule has 0 bridgehead atoms. The molecular formula is C19H16N4O. The van der Waals surface area contributed by atoms with Gasteiger partial charge in [0.2, 0.25) is 5.82 Å². The highest BCUT2D eigenvalue weighted by Gasteiger charge is 2.14. The monoisotopic (exact) mass is 316 g/mol. The van der Waals surface area contributed by atoms with Crippen LogP contribution >= 0.6 is 0 Å². The molecule has 0 unspecified atom stereocenters. The van der Waals surface area contributed by atoms with Crippen molar-refractivity contribution in [1.29, 1.82) is 0 Å². The van der Waals surface area contributed by atoms with Gasteiger partial charge in [-0.3, -0.25) is 5.10 Å². The van der Waals surface area contributed by atoms with Crippen molar-refractivity contribution in [2.75, 3.05) is 0 Å². The second-order valence-corrected chi connectivity index (χ2v) is 5.77. The Morgan fingerprint density at radius 2 is 1.75 bits per heavy atom. The van der Waals surface area contributed by atoms with E-state index in [-0.39, 0.29) is 0 Å². The number of aromatic amines is 1. The highest BCUT2D eigenvalue weighted by Crippen LogP contribution is 2.26. The van der Waals surface area contributed by atoms with Gasteiger partial charge in [0, 0.05) is 11.1 Å². The van der Waals surface area contributed by atoms with Crippen LogP contribution in [-0.2, 0) is 0 Å². The summed E-state index contributed by atoms with van der Waals surface area (Å²) in [7, 11) is 0. The molecule has 0 atom stereocenters. The number of aryl methyl sites for hydroxylation is 2. The van der Waals surface area contributed by atoms with Crippen molar-refractivity contribution in [3.8, 4) is 34.2 Å². The average Bonchev–Trinajstić information content (AvgIpc) is 3.25. The van der Waals surface area contributed by atoms with Gasteiger partial charge in [0.15, 0.2) is 0 Å². The van der Waals surface area contributed by atoms with Crippen LogP contribution < -0.4 is 0 Å². The van der Waals surface area contributed by atoms with Crippen molar-refractivity contribution in [3.63, 3.8) is 0 Å². The lowest BCUT2D eigenvalue weighted by molar-refractivity contribution is 0.431. The number of nitrogens with one attached hydrogen (secondary N) is 1. The summed E-state index contributed by atoms with van der Waals surface area (Å²) >= 11 is 0. The molecule has 4 aromatic rings. The van der Waals surface area contributed by atoms with E-state index in [2.05, 4.69) is 33.3 Å². The quantitative estimate of drug-likeness (QED) is 0.608. The molecule has 118 valence electrons. The predicted octanol–water partition coefficient (Wildman–Crippen LogP) is 4.41. The number of nitrogens with zero attached hydrogens (tertiary/aromatic N) is 3. The van der Waals surface area contributed by atoms with Crippen molar-refractivity contribution in [3.05, 3.63) is 65.7 Å². The van der Waals surface area contributed by atoms with Crippen LogP contribution in [0.3, 0.4) is 0 Å². The normalized spacial score (nSPS) is 10.9. The number of rotatable bonds is 3. The summed E-state index contributed by atoms with van der Waals surface area (Å²) in [6.07, 6.45) is 0. The van der Waals surface area contributed by atoms with Crippen LogP contribution in [0.25, 0.3) is 34.2 Å². The van der Waals surface area contributed by atoms with Gasteiger partial charge in [-0.1, -0.05) is 59.3 Å². The lowest BCUT2D eigenvalue weighted by atomic mass is 10.1. The summed E-state index contributed by atoms with van der Waals surface area (Å²) in [5, 5.41) is 11.4. The minimum absolute atomic E-state index is 0.429. The molecule has 5 nitrogen and oxygen atoms in total. The minimum atomic E-state index is 0.429. The zero-order chi connectivity index (χ0) is 16.5. The molecule has 0 spiro atoms. The van der Waals surface area contributed by atoms with Gasteiger partial charge in [0.25, 0.3) is 5.89 Å². The zero-order valence-electron chi connectivity index (χ0n) is 13.4. The van der Waals surface area contributed by atoms with Gasteiger partial charge in [-0.25, -0.2) is 0 Å². The van der Waals surface area contributed by atoms with Crippen LogP contribution in [0, 0.1) is 13.8 Å². The van der Waals surface area contributed by atoms with Crippen molar-refractivity contribution < 1.29 is 4.52 Å². The maximum Gasteiger partial charge on any atom is 0.276 e. The lowest BCUT2D eigenvalue weighted by Gasteiger charge is -1.99. The third-order valence-electron chi connectivity index (χ3n) is 3.97. The number of hydrogen-bond donors (Lipinski definition) is 1. The van der Waals surface area contributed by atoms with Gasteiger partial charge in [0.1, 0.15) is 5.69 Å². The fourth-order valence-electron chi connectivity index (χ4n) is 2.58. The Morgan fingerprint density at radius 1 is 0.958 bits per heavy atom. The van der Waals surface area contributed by atoms with Crippen molar-refractivity contribution in [1.82, 2.24) is 20.3 Å². The van der Waals surface area contributed by atoms with E-state index in [0.717, 1.165) is 16.8 Å². The molecule has 0 fully saturated rings. The molecule has 24 heavy (non-hydrogen) atoms. The summed E-state index contributed by atoms with van der Waals surface area (Å²) in [5.74, 6) is 0.995. The van der Waals surface area contributed by atoms with Crippen molar-refractivity contribution in [2.45, 2.75) is 13.8 Å². The highest BCUT2D eigenvalue weighted by molar-refractivity contribution is 5.68. The molecule has 2 aromatic heterocycles. The average molecular weight is 316 g/mol. The first kappa shape index (κ1) is 14.4. The van der Waals surface area contributed by atoms with Gasteiger partial charge in [-0.15, -0.1) is 0 Å². The van der Waals surface area contributed by atoms with Crippen molar-refractivity contribution >= 4 is 0 Å². The molecule has 0 radical (unpaired) electrons. The largest absolute Gasteiger partial charge is 0.332 e. The third kappa shape index (κ3) is 2.60. The van der Waals surface area contributed by atoms with Crippen LogP contribution in [0.2, 0.25) is 0 Å². The standard InChI is InChI=1S/C19H16N4O/c1-12-7-9-14(10-8-12)18-20-19(24-23-18)17-11-16(21-22-17)15-6-4-3-5-13(15)2/h3-11H,1-2H3,(H,21,22). The first-order valence-electron chi connectivity index (χ1n) is 7.73. The fraction of sp³-hybridized carbons (Fsp3) is 0.105. The second-order valence-electron chi connectivity index (χ2n) is 5.77. The van der Waals surface area contributed by atoms with E-state index in [1.54, 1.807) is 0 Å². The van der Waals surface area contributed by atoms with E-state index < -0.39 is 0 Å². The molecule has 5 heteroatoms. The van der Waals surface area contributed by atoms with E-state index in [4.69, 9.17) is 4.52 Å². The summed E-state index contributed by atoms with van der Waals surface area (Å²) in [4.78, 5) is 4.46. The molecule has 1 N–H and O–H groups in total.